The molecule has 2 atom stereocenters. The van der Waals surface area contributed by atoms with Crippen LogP contribution in [0.25, 0.3) is 0 Å². The van der Waals surface area contributed by atoms with Crippen molar-refractivity contribution >= 4 is 11.8 Å². The summed E-state index contributed by atoms with van der Waals surface area (Å²) in [7, 11) is 1.76. The van der Waals surface area contributed by atoms with E-state index >= 15 is 0 Å². The third-order valence-electron chi connectivity index (χ3n) is 5.95. The average molecular weight is 369 g/mol. The lowest BCUT2D eigenvalue weighted by Gasteiger charge is -2.50. The summed E-state index contributed by atoms with van der Waals surface area (Å²) in [6.07, 6.45) is 2.30. The summed E-state index contributed by atoms with van der Waals surface area (Å²) in [6.45, 7) is 0.920. The predicted molar refractivity (Wildman–Crippen MR) is 96.7 cm³/mol. The van der Waals surface area contributed by atoms with Gasteiger partial charge in [-0.15, -0.1) is 0 Å². The van der Waals surface area contributed by atoms with Crippen LogP contribution in [0.1, 0.15) is 41.4 Å². The van der Waals surface area contributed by atoms with Crippen LogP contribution in [0.4, 0.5) is 0 Å². The number of likely N-dealkylation sites (tertiary alicyclic amines) is 2. The molecule has 0 radical (unpaired) electrons. The fraction of sp³-hybridized carbons (Fsp3) is 0.450. The molecular weight excluding hydrogens is 346 g/mol. The maximum absolute atomic E-state index is 13.2. The SMILES string of the molecule is CN1C(=O)C2(CCN(C(=O)c3ccno3)CC2)C[C@@H](O)[C@@H]1c1ccccc1. The van der Waals surface area contributed by atoms with E-state index in [4.69, 9.17) is 4.52 Å². The van der Waals surface area contributed by atoms with Crippen LogP contribution >= 0.6 is 0 Å². The van der Waals surface area contributed by atoms with Gasteiger partial charge in [-0.25, -0.2) is 0 Å². The zero-order valence-corrected chi connectivity index (χ0v) is 15.2. The molecule has 1 aromatic heterocycles. The minimum absolute atomic E-state index is 0.0495. The molecule has 7 heteroatoms. The molecule has 2 aliphatic rings. The Kier molecular flexibility index (Phi) is 4.47. The number of carbonyl (C=O) groups is 2. The first kappa shape index (κ1) is 17.7. The van der Waals surface area contributed by atoms with Crippen molar-refractivity contribution in [2.75, 3.05) is 20.1 Å². The standard InChI is InChI=1S/C20H23N3O4/c1-22-17(14-5-3-2-4-6-14)15(24)13-20(19(22)26)8-11-23(12-9-20)18(25)16-7-10-21-27-16/h2-7,10,15,17,24H,8-9,11-13H2,1H3/t15-,17+/m1/s1. The van der Waals surface area contributed by atoms with E-state index in [0.717, 1.165) is 5.56 Å². The number of carbonyl (C=O) groups excluding carboxylic acids is 2. The predicted octanol–water partition coefficient (Wildman–Crippen LogP) is 1.86. The molecule has 3 heterocycles. The normalized spacial score (nSPS) is 25.0. The molecule has 142 valence electrons. The van der Waals surface area contributed by atoms with Gasteiger partial charge in [0.2, 0.25) is 11.7 Å². The van der Waals surface area contributed by atoms with Gasteiger partial charge >= 0.3 is 0 Å². The summed E-state index contributed by atoms with van der Waals surface area (Å²) in [6, 6.07) is 10.8. The Balaban J connectivity index is 1.49. The summed E-state index contributed by atoms with van der Waals surface area (Å²) >= 11 is 0. The smallest absolute Gasteiger partial charge is 0.292 e. The van der Waals surface area contributed by atoms with Crippen molar-refractivity contribution in [1.29, 1.82) is 0 Å². The number of aliphatic hydroxyl groups is 1. The fourth-order valence-corrected chi connectivity index (χ4v) is 4.49. The molecule has 4 rings (SSSR count). The van der Waals surface area contributed by atoms with Gasteiger partial charge in [-0.1, -0.05) is 35.5 Å². The van der Waals surface area contributed by atoms with Crippen LogP contribution in [0, 0.1) is 5.41 Å². The molecule has 2 amide bonds. The Morgan fingerprint density at radius 1 is 1.22 bits per heavy atom. The van der Waals surface area contributed by atoms with Gasteiger partial charge in [0, 0.05) is 26.2 Å². The van der Waals surface area contributed by atoms with Crippen LogP contribution in [0.15, 0.2) is 47.1 Å². The monoisotopic (exact) mass is 369 g/mol. The number of likely N-dealkylation sites (N-methyl/N-ethyl adjacent to an activating group) is 1. The fourth-order valence-electron chi connectivity index (χ4n) is 4.49. The first-order valence-electron chi connectivity index (χ1n) is 9.22. The number of hydrogen-bond donors (Lipinski definition) is 1. The van der Waals surface area contributed by atoms with Crippen molar-refractivity contribution in [2.24, 2.45) is 5.41 Å². The van der Waals surface area contributed by atoms with Crippen molar-refractivity contribution in [3.8, 4) is 0 Å². The number of nitrogens with zero attached hydrogens (tertiary/aromatic N) is 3. The topological polar surface area (TPSA) is 86.9 Å². The molecule has 7 nitrogen and oxygen atoms in total. The zero-order chi connectivity index (χ0) is 19.0. The maximum atomic E-state index is 13.2. The van der Waals surface area contributed by atoms with E-state index in [9.17, 15) is 14.7 Å². The largest absolute Gasteiger partial charge is 0.391 e. The number of rotatable bonds is 2. The van der Waals surface area contributed by atoms with E-state index in [1.165, 1.54) is 6.20 Å². The molecule has 0 saturated carbocycles. The second-order valence-electron chi connectivity index (χ2n) is 7.49. The number of piperidine rings is 2. The quantitative estimate of drug-likeness (QED) is 0.873. The van der Waals surface area contributed by atoms with Crippen LogP contribution in [0.3, 0.4) is 0 Å². The van der Waals surface area contributed by atoms with Gasteiger partial charge in [-0.05, 0) is 24.8 Å². The second-order valence-corrected chi connectivity index (χ2v) is 7.49. The van der Waals surface area contributed by atoms with Crippen molar-refractivity contribution in [2.45, 2.75) is 31.4 Å². The Morgan fingerprint density at radius 2 is 1.93 bits per heavy atom. The van der Waals surface area contributed by atoms with Gasteiger partial charge in [0.25, 0.3) is 5.91 Å². The molecule has 2 fully saturated rings. The highest BCUT2D eigenvalue weighted by molar-refractivity contribution is 5.91. The molecule has 2 aromatic rings. The average Bonchev–Trinajstić information content (AvgIpc) is 3.22. The van der Waals surface area contributed by atoms with Crippen LogP contribution in [0.5, 0.6) is 0 Å². The molecule has 0 aliphatic carbocycles. The third kappa shape index (κ3) is 3.02. The van der Waals surface area contributed by atoms with Gasteiger partial charge in [0.15, 0.2) is 0 Å². The van der Waals surface area contributed by atoms with E-state index < -0.39 is 11.5 Å². The van der Waals surface area contributed by atoms with E-state index in [1.807, 2.05) is 30.3 Å². The molecule has 0 unspecified atom stereocenters. The Labute approximate surface area is 157 Å². The molecule has 2 saturated heterocycles. The second kappa shape index (κ2) is 6.81. The molecule has 1 N–H and O–H groups in total. The Morgan fingerprint density at radius 3 is 2.56 bits per heavy atom. The highest BCUT2D eigenvalue weighted by Crippen LogP contribution is 2.46. The van der Waals surface area contributed by atoms with Gasteiger partial charge in [0.1, 0.15) is 0 Å². The summed E-state index contributed by atoms with van der Waals surface area (Å²) < 4.78 is 4.95. The number of aliphatic hydroxyl groups excluding tert-OH is 1. The molecule has 1 aromatic carbocycles. The molecular formula is C20H23N3O4. The van der Waals surface area contributed by atoms with Crippen LogP contribution < -0.4 is 0 Å². The summed E-state index contributed by atoms with van der Waals surface area (Å²) in [5.41, 5.74) is 0.325. The minimum Gasteiger partial charge on any atom is -0.391 e. The molecule has 1 spiro atoms. The van der Waals surface area contributed by atoms with E-state index in [1.54, 1.807) is 22.9 Å². The van der Waals surface area contributed by atoms with Crippen molar-refractivity contribution in [1.82, 2.24) is 15.0 Å². The summed E-state index contributed by atoms with van der Waals surface area (Å²) in [5.74, 6) is 0.0531. The summed E-state index contributed by atoms with van der Waals surface area (Å²) in [4.78, 5) is 29.0. The number of benzene rings is 1. The van der Waals surface area contributed by atoms with Gasteiger partial charge in [-0.2, -0.15) is 0 Å². The molecule has 27 heavy (non-hydrogen) atoms. The van der Waals surface area contributed by atoms with Gasteiger partial charge in [0.05, 0.1) is 23.8 Å². The molecule has 2 aliphatic heterocycles. The van der Waals surface area contributed by atoms with Gasteiger partial charge in [-0.3, -0.25) is 9.59 Å². The first-order chi connectivity index (χ1) is 13.0. The van der Waals surface area contributed by atoms with E-state index in [0.29, 0.717) is 32.4 Å². The number of aromatic nitrogens is 1. The Bertz CT molecular complexity index is 813. The third-order valence-corrected chi connectivity index (χ3v) is 5.95. The van der Waals surface area contributed by atoms with Gasteiger partial charge < -0.3 is 19.4 Å². The zero-order valence-electron chi connectivity index (χ0n) is 15.2. The highest BCUT2D eigenvalue weighted by Gasteiger charge is 2.51. The number of hydrogen-bond acceptors (Lipinski definition) is 5. The van der Waals surface area contributed by atoms with Crippen molar-refractivity contribution in [3.63, 3.8) is 0 Å². The van der Waals surface area contributed by atoms with Crippen molar-refractivity contribution < 1.29 is 19.2 Å². The van der Waals surface area contributed by atoms with Crippen LogP contribution in [0.2, 0.25) is 0 Å². The van der Waals surface area contributed by atoms with Crippen LogP contribution in [-0.2, 0) is 4.79 Å². The van der Waals surface area contributed by atoms with E-state index in [2.05, 4.69) is 5.16 Å². The summed E-state index contributed by atoms with van der Waals surface area (Å²) in [5, 5.41) is 14.4. The van der Waals surface area contributed by atoms with Crippen LogP contribution in [-0.4, -0.2) is 58.1 Å². The maximum Gasteiger partial charge on any atom is 0.292 e. The lowest BCUT2D eigenvalue weighted by Crippen LogP contribution is -2.57. The Hall–Kier alpha value is -2.67. The van der Waals surface area contributed by atoms with E-state index in [-0.39, 0.29) is 23.6 Å². The molecule has 0 bridgehead atoms. The lowest BCUT2D eigenvalue weighted by molar-refractivity contribution is -0.161. The first-order valence-corrected chi connectivity index (χ1v) is 9.22. The minimum atomic E-state index is -0.633. The number of amides is 2. The van der Waals surface area contributed by atoms with Crippen molar-refractivity contribution in [3.05, 3.63) is 53.9 Å². The highest BCUT2D eigenvalue weighted by atomic mass is 16.5. The lowest BCUT2D eigenvalue weighted by atomic mass is 9.68.